The number of hydrogen-bond donors (Lipinski definition) is 2. The van der Waals surface area contributed by atoms with E-state index in [1.54, 1.807) is 30.3 Å². The van der Waals surface area contributed by atoms with Gasteiger partial charge in [0, 0.05) is 5.56 Å². The summed E-state index contributed by atoms with van der Waals surface area (Å²) in [5, 5.41) is 12.3. The third-order valence-electron chi connectivity index (χ3n) is 3.18. The Labute approximate surface area is 142 Å². The monoisotopic (exact) mass is 342 g/mol. The standard InChI is InChI=1S/C17H15FN4O3/c1-2-24-12-9-7-11(8-10-12)15-21-22-17(25-15)20-16(23)19-14-6-4-3-5-13(14)18/h3-10H,2H2,1H3,(H2,19,20,22,23). The van der Waals surface area contributed by atoms with Crippen molar-refractivity contribution in [2.24, 2.45) is 0 Å². The second-order valence-corrected chi connectivity index (χ2v) is 4.93. The van der Waals surface area contributed by atoms with Gasteiger partial charge in [0.2, 0.25) is 5.89 Å². The molecule has 0 fully saturated rings. The molecule has 3 aromatic rings. The van der Waals surface area contributed by atoms with E-state index >= 15 is 0 Å². The molecule has 2 amide bonds. The van der Waals surface area contributed by atoms with Crippen molar-refractivity contribution in [1.29, 1.82) is 0 Å². The zero-order valence-corrected chi connectivity index (χ0v) is 13.3. The predicted octanol–water partition coefficient (Wildman–Crippen LogP) is 3.92. The summed E-state index contributed by atoms with van der Waals surface area (Å²) in [5.74, 6) is 0.427. The largest absolute Gasteiger partial charge is 0.494 e. The Morgan fingerprint density at radius 2 is 1.88 bits per heavy atom. The minimum Gasteiger partial charge on any atom is -0.494 e. The first-order valence-electron chi connectivity index (χ1n) is 7.55. The van der Waals surface area contributed by atoms with Crippen LogP contribution in [0.3, 0.4) is 0 Å². The van der Waals surface area contributed by atoms with Crippen LogP contribution in [0.5, 0.6) is 5.75 Å². The smallest absolute Gasteiger partial charge is 0.327 e. The summed E-state index contributed by atoms with van der Waals surface area (Å²) in [6.07, 6.45) is 0. The molecule has 1 heterocycles. The molecule has 0 unspecified atom stereocenters. The number of urea groups is 1. The summed E-state index contributed by atoms with van der Waals surface area (Å²) in [4.78, 5) is 11.9. The van der Waals surface area contributed by atoms with E-state index in [-0.39, 0.29) is 17.6 Å². The van der Waals surface area contributed by atoms with Crippen molar-refractivity contribution < 1.29 is 18.3 Å². The number of benzene rings is 2. The number of nitrogens with one attached hydrogen (secondary N) is 2. The number of carbonyl (C=O) groups is 1. The summed E-state index contributed by atoms with van der Waals surface area (Å²) in [7, 11) is 0. The minimum absolute atomic E-state index is 0.0475. The third-order valence-corrected chi connectivity index (χ3v) is 3.18. The number of ether oxygens (including phenoxy) is 1. The quantitative estimate of drug-likeness (QED) is 0.733. The molecular weight excluding hydrogens is 327 g/mol. The number of anilines is 2. The number of amides is 2. The van der Waals surface area contributed by atoms with Gasteiger partial charge in [0.05, 0.1) is 12.3 Å². The fraction of sp³-hybridized carbons (Fsp3) is 0.118. The molecule has 7 nitrogen and oxygen atoms in total. The van der Waals surface area contributed by atoms with E-state index in [1.165, 1.54) is 18.2 Å². The van der Waals surface area contributed by atoms with Gasteiger partial charge in [-0.3, -0.25) is 5.32 Å². The van der Waals surface area contributed by atoms with Crippen LogP contribution >= 0.6 is 0 Å². The van der Waals surface area contributed by atoms with Gasteiger partial charge in [-0.15, -0.1) is 5.10 Å². The molecule has 3 rings (SSSR count). The molecule has 0 saturated carbocycles. The van der Waals surface area contributed by atoms with Crippen molar-refractivity contribution in [2.75, 3.05) is 17.2 Å². The van der Waals surface area contributed by atoms with Gasteiger partial charge < -0.3 is 14.5 Å². The molecule has 0 aliphatic carbocycles. The van der Waals surface area contributed by atoms with Crippen molar-refractivity contribution in [3.05, 3.63) is 54.3 Å². The van der Waals surface area contributed by atoms with Gasteiger partial charge in [-0.25, -0.2) is 9.18 Å². The lowest BCUT2D eigenvalue weighted by atomic mass is 10.2. The van der Waals surface area contributed by atoms with Crippen LogP contribution in [-0.4, -0.2) is 22.8 Å². The van der Waals surface area contributed by atoms with E-state index in [0.717, 1.165) is 5.75 Å². The van der Waals surface area contributed by atoms with Gasteiger partial charge in [-0.05, 0) is 43.3 Å². The molecule has 1 aromatic heterocycles. The van der Waals surface area contributed by atoms with Crippen LogP contribution in [-0.2, 0) is 0 Å². The number of halogens is 1. The zero-order valence-electron chi connectivity index (χ0n) is 13.3. The highest BCUT2D eigenvalue weighted by Gasteiger charge is 2.12. The average molecular weight is 342 g/mol. The molecule has 128 valence electrons. The van der Waals surface area contributed by atoms with Crippen molar-refractivity contribution in [2.45, 2.75) is 6.92 Å². The van der Waals surface area contributed by atoms with Crippen LogP contribution in [0.25, 0.3) is 11.5 Å². The second-order valence-electron chi connectivity index (χ2n) is 4.93. The van der Waals surface area contributed by atoms with E-state index in [4.69, 9.17) is 9.15 Å². The van der Waals surface area contributed by atoms with Gasteiger partial charge in [0.25, 0.3) is 0 Å². The maximum atomic E-state index is 13.5. The molecule has 8 heteroatoms. The van der Waals surface area contributed by atoms with Crippen molar-refractivity contribution in [1.82, 2.24) is 10.2 Å². The summed E-state index contributed by atoms with van der Waals surface area (Å²) in [6.45, 7) is 2.47. The number of nitrogens with zero attached hydrogens (tertiary/aromatic N) is 2. The molecule has 2 aromatic carbocycles. The summed E-state index contributed by atoms with van der Waals surface area (Å²) < 4.78 is 24.2. The minimum atomic E-state index is -0.688. The lowest BCUT2D eigenvalue weighted by Gasteiger charge is -2.05. The maximum Gasteiger partial charge on any atom is 0.327 e. The normalized spacial score (nSPS) is 10.3. The molecule has 2 N–H and O–H groups in total. The number of carbonyl (C=O) groups excluding carboxylic acids is 1. The highest BCUT2D eigenvalue weighted by molar-refractivity contribution is 5.98. The fourth-order valence-corrected chi connectivity index (χ4v) is 2.06. The first-order valence-corrected chi connectivity index (χ1v) is 7.55. The second kappa shape index (κ2) is 7.43. The zero-order chi connectivity index (χ0) is 17.6. The van der Waals surface area contributed by atoms with Crippen LogP contribution in [0.4, 0.5) is 20.9 Å². The molecular formula is C17H15FN4O3. The lowest BCUT2D eigenvalue weighted by Crippen LogP contribution is -2.20. The first kappa shape index (κ1) is 16.4. The molecule has 0 radical (unpaired) electrons. The number of para-hydroxylation sites is 1. The van der Waals surface area contributed by atoms with E-state index in [1.807, 2.05) is 6.92 Å². The Kier molecular flexibility index (Phi) is 4.89. The predicted molar refractivity (Wildman–Crippen MR) is 89.9 cm³/mol. The Bertz CT molecular complexity index is 864. The van der Waals surface area contributed by atoms with E-state index in [2.05, 4.69) is 20.8 Å². The fourth-order valence-electron chi connectivity index (χ4n) is 2.06. The summed E-state index contributed by atoms with van der Waals surface area (Å²) in [5.41, 5.74) is 0.727. The summed E-state index contributed by atoms with van der Waals surface area (Å²) in [6, 6.07) is 12.1. The number of aromatic nitrogens is 2. The first-order chi connectivity index (χ1) is 12.2. The van der Waals surface area contributed by atoms with Crippen molar-refractivity contribution in [3.8, 4) is 17.2 Å². The van der Waals surface area contributed by atoms with E-state index in [9.17, 15) is 9.18 Å². The SMILES string of the molecule is CCOc1ccc(-c2nnc(NC(=O)Nc3ccccc3F)o2)cc1. The highest BCUT2D eigenvalue weighted by atomic mass is 19.1. The Balaban J connectivity index is 1.65. The molecule has 0 saturated heterocycles. The number of hydrogen-bond acceptors (Lipinski definition) is 5. The Hall–Kier alpha value is -3.42. The molecule has 0 aliphatic rings. The molecule has 25 heavy (non-hydrogen) atoms. The van der Waals surface area contributed by atoms with Crippen LogP contribution in [0, 0.1) is 5.82 Å². The molecule has 0 aliphatic heterocycles. The highest BCUT2D eigenvalue weighted by Crippen LogP contribution is 2.23. The Morgan fingerprint density at radius 1 is 1.12 bits per heavy atom. The van der Waals surface area contributed by atoms with Gasteiger partial charge in [0.1, 0.15) is 11.6 Å². The van der Waals surface area contributed by atoms with Gasteiger partial charge >= 0.3 is 12.0 Å². The lowest BCUT2D eigenvalue weighted by molar-refractivity contribution is 0.261. The van der Waals surface area contributed by atoms with Gasteiger partial charge in [-0.2, -0.15) is 0 Å². The van der Waals surface area contributed by atoms with Crippen LogP contribution < -0.4 is 15.4 Å². The molecule has 0 atom stereocenters. The van der Waals surface area contributed by atoms with Crippen molar-refractivity contribution in [3.63, 3.8) is 0 Å². The van der Waals surface area contributed by atoms with Crippen LogP contribution in [0.2, 0.25) is 0 Å². The van der Waals surface area contributed by atoms with Gasteiger partial charge in [-0.1, -0.05) is 17.2 Å². The van der Waals surface area contributed by atoms with Gasteiger partial charge in [0.15, 0.2) is 0 Å². The van der Waals surface area contributed by atoms with E-state index in [0.29, 0.717) is 12.2 Å². The Morgan fingerprint density at radius 3 is 2.60 bits per heavy atom. The average Bonchev–Trinajstić information content (AvgIpc) is 3.06. The summed E-state index contributed by atoms with van der Waals surface area (Å²) >= 11 is 0. The topological polar surface area (TPSA) is 89.3 Å². The van der Waals surface area contributed by atoms with Crippen LogP contribution in [0.15, 0.2) is 52.9 Å². The molecule has 0 bridgehead atoms. The third kappa shape index (κ3) is 4.11. The van der Waals surface area contributed by atoms with E-state index < -0.39 is 11.8 Å². The van der Waals surface area contributed by atoms with Crippen LogP contribution in [0.1, 0.15) is 6.92 Å². The maximum absolute atomic E-state index is 13.5. The van der Waals surface area contributed by atoms with Crippen molar-refractivity contribution >= 4 is 17.7 Å². The molecule has 0 spiro atoms. The number of rotatable bonds is 5.